The predicted octanol–water partition coefficient (Wildman–Crippen LogP) is 7.02. The molecule has 214 valence electrons. The molecule has 3 unspecified atom stereocenters. The van der Waals surface area contributed by atoms with Gasteiger partial charge in [-0.25, -0.2) is 4.90 Å². The Kier molecular flexibility index (Phi) is 7.37. The lowest BCUT2D eigenvalue weighted by atomic mass is 9.83. The standard InChI is InChI=1S/C32H21Br2N3O4S2/c33-20-8-5-18(6-9-20)25-26-27(30(40)37(29(26)39)23-13-10-21(34)11-14-23)42-31-28(25)43-32(41)36(31)16-24(38)35-22-12-7-17-3-1-2-4-19(17)15-22/h1-15,25-27H,16H2,(H,35,38). The number of carbonyl (C=O) groups is 3. The fourth-order valence-corrected chi connectivity index (χ4v) is 9.04. The minimum atomic E-state index is -0.749. The Morgan fingerprint density at radius 1 is 0.814 bits per heavy atom. The summed E-state index contributed by atoms with van der Waals surface area (Å²) in [4.78, 5) is 56.1. The molecule has 7 rings (SSSR count). The number of nitrogens with zero attached hydrogens (tertiary/aromatic N) is 2. The molecule has 0 spiro atoms. The van der Waals surface area contributed by atoms with Gasteiger partial charge in [0.2, 0.25) is 17.7 Å². The summed E-state index contributed by atoms with van der Waals surface area (Å²) < 4.78 is 3.14. The highest BCUT2D eigenvalue weighted by Gasteiger charge is 2.56. The number of benzene rings is 4. The zero-order valence-electron chi connectivity index (χ0n) is 22.2. The average Bonchev–Trinajstić information content (AvgIpc) is 3.44. The van der Waals surface area contributed by atoms with E-state index in [1.54, 1.807) is 24.3 Å². The second kappa shape index (κ2) is 11.2. The van der Waals surface area contributed by atoms with Crippen LogP contribution in [0.4, 0.5) is 11.4 Å². The highest BCUT2D eigenvalue weighted by atomic mass is 79.9. The molecule has 3 atom stereocenters. The summed E-state index contributed by atoms with van der Waals surface area (Å²) in [5.74, 6) is -2.21. The third kappa shape index (κ3) is 5.08. The molecule has 1 N–H and O–H groups in total. The van der Waals surface area contributed by atoms with Gasteiger partial charge in [-0.15, -0.1) is 0 Å². The number of hydrogen-bond acceptors (Lipinski definition) is 6. The Morgan fingerprint density at radius 3 is 2.21 bits per heavy atom. The van der Waals surface area contributed by atoms with Crippen LogP contribution in [0, 0.1) is 5.92 Å². The highest BCUT2D eigenvalue weighted by Crippen LogP contribution is 2.54. The van der Waals surface area contributed by atoms with Gasteiger partial charge in [-0.1, -0.05) is 97.4 Å². The number of imide groups is 1. The van der Waals surface area contributed by atoms with Crippen molar-refractivity contribution in [3.05, 3.63) is 120 Å². The summed E-state index contributed by atoms with van der Waals surface area (Å²) in [5.41, 5.74) is 1.95. The molecule has 4 aromatic carbocycles. The Hall–Kier alpha value is -3.51. The molecule has 2 aliphatic rings. The number of hydrogen-bond donors (Lipinski definition) is 1. The lowest BCUT2D eigenvalue weighted by molar-refractivity contribution is -0.122. The first-order valence-corrected chi connectivity index (χ1v) is 16.6. The molecule has 1 fully saturated rings. The summed E-state index contributed by atoms with van der Waals surface area (Å²) in [6.45, 7) is -0.215. The number of aromatic nitrogens is 1. The number of halogens is 2. The molecule has 3 amide bonds. The minimum Gasteiger partial charge on any atom is -0.325 e. The van der Waals surface area contributed by atoms with Gasteiger partial charge in [-0.2, -0.15) is 0 Å². The van der Waals surface area contributed by atoms with Crippen molar-refractivity contribution in [1.29, 1.82) is 0 Å². The first-order valence-electron chi connectivity index (χ1n) is 13.4. The third-order valence-electron chi connectivity index (χ3n) is 7.70. The van der Waals surface area contributed by atoms with Crippen molar-refractivity contribution in [2.45, 2.75) is 22.7 Å². The maximum absolute atomic E-state index is 14.0. The topological polar surface area (TPSA) is 88.5 Å². The predicted molar refractivity (Wildman–Crippen MR) is 177 cm³/mol. The molecule has 0 bridgehead atoms. The van der Waals surface area contributed by atoms with Gasteiger partial charge >= 0.3 is 4.87 Å². The third-order valence-corrected chi connectivity index (χ3v) is 11.4. The Labute approximate surface area is 271 Å². The van der Waals surface area contributed by atoms with Crippen LogP contribution in [0.5, 0.6) is 0 Å². The van der Waals surface area contributed by atoms with E-state index in [1.165, 1.54) is 21.2 Å². The van der Waals surface area contributed by atoms with E-state index < -0.39 is 17.1 Å². The van der Waals surface area contributed by atoms with E-state index in [-0.39, 0.29) is 29.1 Å². The number of thioether (sulfide) groups is 1. The van der Waals surface area contributed by atoms with Crippen LogP contribution in [0.1, 0.15) is 16.4 Å². The summed E-state index contributed by atoms with van der Waals surface area (Å²) in [7, 11) is 0. The molecule has 7 nitrogen and oxygen atoms in total. The molecule has 43 heavy (non-hydrogen) atoms. The number of carbonyl (C=O) groups excluding carboxylic acids is 3. The number of nitrogens with one attached hydrogen (secondary N) is 1. The maximum Gasteiger partial charge on any atom is 0.308 e. The van der Waals surface area contributed by atoms with E-state index in [1.807, 2.05) is 66.7 Å². The van der Waals surface area contributed by atoms with Crippen LogP contribution in [0.15, 0.2) is 110 Å². The first kappa shape index (κ1) is 28.3. The van der Waals surface area contributed by atoms with E-state index in [4.69, 9.17) is 0 Å². The molecule has 3 heterocycles. The van der Waals surface area contributed by atoms with E-state index in [2.05, 4.69) is 37.2 Å². The summed E-state index contributed by atoms with van der Waals surface area (Å²) >= 11 is 9.12. The molecule has 11 heteroatoms. The van der Waals surface area contributed by atoms with Crippen molar-refractivity contribution in [2.24, 2.45) is 5.92 Å². The van der Waals surface area contributed by atoms with Gasteiger partial charge in [0.25, 0.3) is 0 Å². The molecule has 0 saturated carbocycles. The largest absolute Gasteiger partial charge is 0.325 e. The van der Waals surface area contributed by atoms with Crippen molar-refractivity contribution >= 4 is 94.8 Å². The molecular weight excluding hydrogens is 714 g/mol. The number of amides is 3. The summed E-state index contributed by atoms with van der Waals surface area (Å²) in [6, 6.07) is 28.2. The average molecular weight is 735 g/mol. The zero-order chi connectivity index (χ0) is 29.8. The van der Waals surface area contributed by atoms with Gasteiger partial charge in [0, 0.05) is 25.4 Å². The van der Waals surface area contributed by atoms with Crippen molar-refractivity contribution in [2.75, 3.05) is 10.2 Å². The molecule has 1 saturated heterocycles. The molecule has 2 aliphatic heterocycles. The SMILES string of the molecule is O=C(Cn1c2c(sc1=O)C(c1ccc(Br)cc1)C1C(=O)N(c3ccc(Br)cc3)C(=O)C1S2)Nc1ccc2ccccc2c1. The molecular formula is C32H21Br2N3O4S2. The Morgan fingerprint density at radius 2 is 1.49 bits per heavy atom. The van der Waals surface area contributed by atoms with Crippen LogP contribution in [-0.2, 0) is 20.9 Å². The van der Waals surface area contributed by atoms with Gasteiger partial charge in [-0.05, 0) is 64.9 Å². The number of rotatable bonds is 5. The molecule has 1 aromatic heterocycles. The Bertz CT molecular complexity index is 1990. The van der Waals surface area contributed by atoms with Gasteiger partial charge in [0.1, 0.15) is 11.8 Å². The first-order chi connectivity index (χ1) is 20.8. The van der Waals surface area contributed by atoms with E-state index in [0.717, 1.165) is 36.6 Å². The summed E-state index contributed by atoms with van der Waals surface area (Å²) in [5, 5.41) is 4.76. The molecule has 0 aliphatic carbocycles. The van der Waals surface area contributed by atoms with Gasteiger partial charge in [0.15, 0.2) is 0 Å². The lowest BCUT2D eigenvalue weighted by Crippen LogP contribution is -2.33. The van der Waals surface area contributed by atoms with Crippen LogP contribution in [0.2, 0.25) is 0 Å². The quantitative estimate of drug-likeness (QED) is 0.196. The summed E-state index contributed by atoms with van der Waals surface area (Å²) in [6.07, 6.45) is 0. The van der Waals surface area contributed by atoms with Crippen molar-refractivity contribution in [1.82, 2.24) is 4.57 Å². The number of anilines is 2. The second-order valence-corrected chi connectivity index (χ2v) is 14.3. The van der Waals surface area contributed by atoms with Crippen LogP contribution in [0.25, 0.3) is 10.8 Å². The van der Waals surface area contributed by atoms with Crippen LogP contribution < -0.4 is 15.1 Å². The van der Waals surface area contributed by atoms with Crippen molar-refractivity contribution < 1.29 is 14.4 Å². The minimum absolute atomic E-state index is 0.215. The van der Waals surface area contributed by atoms with Crippen LogP contribution in [-0.4, -0.2) is 27.5 Å². The van der Waals surface area contributed by atoms with Gasteiger partial charge < -0.3 is 5.32 Å². The number of fused-ring (bicyclic) bond motifs is 3. The lowest BCUT2D eigenvalue weighted by Gasteiger charge is -2.30. The highest BCUT2D eigenvalue weighted by molar-refractivity contribution is 9.10. The molecule has 0 radical (unpaired) electrons. The Balaban J connectivity index is 1.26. The maximum atomic E-state index is 14.0. The van der Waals surface area contributed by atoms with Gasteiger partial charge in [-0.3, -0.25) is 23.7 Å². The normalized spacial score (nSPS) is 19.4. The monoisotopic (exact) mass is 733 g/mol. The fourth-order valence-electron chi connectivity index (χ4n) is 5.74. The van der Waals surface area contributed by atoms with Gasteiger partial charge in [0.05, 0.1) is 16.6 Å². The zero-order valence-corrected chi connectivity index (χ0v) is 27.0. The van der Waals surface area contributed by atoms with Crippen molar-refractivity contribution in [3.63, 3.8) is 0 Å². The van der Waals surface area contributed by atoms with Crippen LogP contribution >= 0.6 is 55.0 Å². The van der Waals surface area contributed by atoms with Crippen LogP contribution in [0.3, 0.4) is 0 Å². The smallest absolute Gasteiger partial charge is 0.308 e. The van der Waals surface area contributed by atoms with E-state index in [0.29, 0.717) is 21.3 Å². The van der Waals surface area contributed by atoms with E-state index >= 15 is 0 Å². The number of thiazole rings is 1. The van der Waals surface area contributed by atoms with Crippen molar-refractivity contribution in [3.8, 4) is 0 Å². The molecule has 5 aromatic rings. The second-order valence-electron chi connectivity index (χ2n) is 10.3. The fraction of sp³-hybridized carbons (Fsp3) is 0.125. The van der Waals surface area contributed by atoms with E-state index in [9.17, 15) is 19.2 Å².